The topological polar surface area (TPSA) is 62.4 Å². The van der Waals surface area contributed by atoms with Gasteiger partial charge in [-0.1, -0.05) is 0 Å². The molecule has 0 aliphatic carbocycles. The quantitative estimate of drug-likeness (QED) is 0.729. The molecule has 0 aromatic carbocycles. The Hall–Kier alpha value is -0.650. The largest absolute Gasteiger partial charge is 0.368 e. The van der Waals surface area contributed by atoms with Crippen LogP contribution in [0.25, 0.3) is 0 Å². The van der Waals surface area contributed by atoms with Crippen molar-refractivity contribution in [3.05, 3.63) is 0 Å². The van der Waals surface area contributed by atoms with Crippen LogP contribution in [0.4, 0.5) is 0 Å². The summed E-state index contributed by atoms with van der Waals surface area (Å²) in [7, 11) is 0. The average molecular weight is 297 g/mol. The summed E-state index contributed by atoms with van der Waals surface area (Å²) in [5, 5.41) is 10.1. The minimum atomic E-state index is 0.0204. The van der Waals surface area contributed by atoms with Crippen LogP contribution in [0.1, 0.15) is 53.4 Å². The zero-order chi connectivity index (χ0) is 15.5. The van der Waals surface area contributed by atoms with Gasteiger partial charge in [0.25, 0.3) is 0 Å². The van der Waals surface area contributed by atoms with E-state index in [1.54, 1.807) is 0 Å². The highest BCUT2D eigenvalue weighted by molar-refractivity contribution is 5.77. The van der Waals surface area contributed by atoms with Crippen LogP contribution in [0.3, 0.4) is 0 Å². The van der Waals surface area contributed by atoms with Crippen molar-refractivity contribution in [2.45, 2.75) is 76.6 Å². The number of hydrogen-bond acceptors (Lipinski definition) is 4. The minimum absolute atomic E-state index is 0.0204. The summed E-state index contributed by atoms with van der Waals surface area (Å²) in [6.07, 6.45) is 4.14. The molecule has 0 spiro atoms. The van der Waals surface area contributed by atoms with Crippen LogP contribution in [0, 0.1) is 0 Å². The van der Waals surface area contributed by atoms with Gasteiger partial charge in [-0.05, 0) is 66.5 Å². The van der Waals surface area contributed by atoms with Gasteiger partial charge in [0.05, 0.1) is 6.10 Å². The third-order valence-electron chi connectivity index (χ3n) is 4.29. The summed E-state index contributed by atoms with van der Waals surface area (Å²) in [6, 6.07) is 0.223. The Kier molecular flexibility index (Phi) is 5.28. The molecule has 5 nitrogen and oxygen atoms in total. The fraction of sp³-hybridized carbons (Fsp3) is 0.938. The molecule has 0 atom stereocenters. The van der Waals surface area contributed by atoms with Gasteiger partial charge in [-0.15, -0.1) is 0 Å². The Morgan fingerprint density at radius 1 is 1.14 bits per heavy atom. The van der Waals surface area contributed by atoms with Crippen LogP contribution in [-0.4, -0.2) is 48.8 Å². The molecule has 0 aromatic heterocycles. The third-order valence-corrected chi connectivity index (χ3v) is 4.29. The van der Waals surface area contributed by atoms with Crippen LogP contribution >= 0.6 is 0 Å². The summed E-state index contributed by atoms with van der Waals surface area (Å²) >= 11 is 0. The average Bonchev–Trinajstić information content (AvgIpc) is 2.33. The Morgan fingerprint density at radius 3 is 2.29 bits per heavy atom. The predicted molar refractivity (Wildman–Crippen MR) is 84.3 cm³/mol. The lowest BCUT2D eigenvalue weighted by molar-refractivity contribution is -0.129. The van der Waals surface area contributed by atoms with Crippen LogP contribution in [0.15, 0.2) is 0 Å². The lowest BCUT2D eigenvalue weighted by Crippen LogP contribution is -2.62. The highest BCUT2D eigenvalue weighted by Gasteiger charge is 2.38. The molecule has 2 saturated heterocycles. The molecule has 0 saturated carbocycles. The Balaban J connectivity index is 1.76. The smallest absolute Gasteiger partial charge is 0.246 e. The van der Waals surface area contributed by atoms with Crippen molar-refractivity contribution in [1.82, 2.24) is 16.0 Å². The first-order valence-electron chi connectivity index (χ1n) is 8.17. The van der Waals surface area contributed by atoms with Crippen LogP contribution in [0.2, 0.25) is 0 Å². The molecular weight excluding hydrogens is 266 g/mol. The maximum Gasteiger partial charge on any atom is 0.246 e. The molecule has 0 bridgehead atoms. The second kappa shape index (κ2) is 6.63. The normalized spacial score (nSPS) is 26.5. The van der Waals surface area contributed by atoms with E-state index in [-0.39, 0.29) is 35.7 Å². The zero-order valence-electron chi connectivity index (χ0n) is 13.9. The maximum atomic E-state index is 12.1. The number of ether oxygens (including phenoxy) is 1. The third kappa shape index (κ3) is 5.57. The molecule has 2 fully saturated rings. The first kappa shape index (κ1) is 16.7. The molecule has 2 aliphatic heterocycles. The van der Waals surface area contributed by atoms with E-state index in [2.05, 4.69) is 43.6 Å². The molecule has 3 N–H and O–H groups in total. The van der Waals surface area contributed by atoms with Gasteiger partial charge in [0.2, 0.25) is 5.91 Å². The van der Waals surface area contributed by atoms with E-state index in [1.165, 1.54) is 0 Å². The molecule has 0 aromatic rings. The standard InChI is InChI=1S/C16H31N3O2/c1-15(2)9-12(10-16(3,4)19-15)18-14(20)11-21-13-5-7-17-8-6-13/h12-13,17,19H,5-11H2,1-4H3,(H,18,20). The highest BCUT2D eigenvalue weighted by Crippen LogP contribution is 2.28. The monoisotopic (exact) mass is 297 g/mol. The Bertz CT molecular complexity index is 347. The van der Waals surface area contributed by atoms with Crippen molar-refractivity contribution in [2.24, 2.45) is 0 Å². The van der Waals surface area contributed by atoms with Crippen LogP contribution < -0.4 is 16.0 Å². The lowest BCUT2D eigenvalue weighted by atomic mass is 9.79. The van der Waals surface area contributed by atoms with Crippen molar-refractivity contribution >= 4 is 5.91 Å². The summed E-state index contributed by atoms with van der Waals surface area (Å²) < 4.78 is 5.72. The van der Waals surface area contributed by atoms with Gasteiger partial charge in [0, 0.05) is 17.1 Å². The van der Waals surface area contributed by atoms with Gasteiger partial charge in [-0.3, -0.25) is 4.79 Å². The summed E-state index contributed by atoms with van der Waals surface area (Å²) in [6.45, 7) is 10.9. The molecule has 2 rings (SSSR count). The number of carbonyl (C=O) groups is 1. The summed E-state index contributed by atoms with van der Waals surface area (Å²) in [5.74, 6) is 0.0204. The van der Waals surface area contributed by atoms with Gasteiger partial charge in [0.1, 0.15) is 6.61 Å². The van der Waals surface area contributed by atoms with Crippen LogP contribution in [0.5, 0.6) is 0 Å². The van der Waals surface area contributed by atoms with Gasteiger partial charge in [-0.25, -0.2) is 0 Å². The number of nitrogens with one attached hydrogen (secondary N) is 3. The Labute approximate surface area is 128 Å². The van der Waals surface area contributed by atoms with Crippen molar-refractivity contribution in [2.75, 3.05) is 19.7 Å². The van der Waals surface area contributed by atoms with Gasteiger partial charge in [-0.2, -0.15) is 0 Å². The Morgan fingerprint density at radius 2 is 1.71 bits per heavy atom. The lowest BCUT2D eigenvalue weighted by Gasteiger charge is -2.46. The first-order valence-corrected chi connectivity index (χ1v) is 8.17. The molecule has 5 heteroatoms. The fourth-order valence-electron chi connectivity index (χ4n) is 3.85. The van der Waals surface area contributed by atoms with E-state index in [0.717, 1.165) is 38.8 Å². The van der Waals surface area contributed by atoms with Crippen molar-refractivity contribution in [1.29, 1.82) is 0 Å². The zero-order valence-corrected chi connectivity index (χ0v) is 13.9. The van der Waals surface area contributed by atoms with Gasteiger partial charge >= 0.3 is 0 Å². The molecule has 0 unspecified atom stereocenters. The highest BCUT2D eigenvalue weighted by atomic mass is 16.5. The molecule has 0 radical (unpaired) electrons. The van der Waals surface area contributed by atoms with Crippen molar-refractivity contribution in [3.63, 3.8) is 0 Å². The van der Waals surface area contributed by atoms with E-state index in [4.69, 9.17) is 4.74 Å². The number of amides is 1. The van der Waals surface area contributed by atoms with Gasteiger partial charge in [0.15, 0.2) is 0 Å². The molecule has 1 amide bonds. The summed E-state index contributed by atoms with van der Waals surface area (Å²) in [5.41, 5.74) is 0.102. The minimum Gasteiger partial charge on any atom is -0.368 e. The second-order valence-corrected chi connectivity index (χ2v) is 7.83. The van der Waals surface area contributed by atoms with E-state index >= 15 is 0 Å². The van der Waals surface area contributed by atoms with E-state index in [9.17, 15) is 4.79 Å². The van der Waals surface area contributed by atoms with E-state index in [1.807, 2.05) is 0 Å². The van der Waals surface area contributed by atoms with Crippen molar-refractivity contribution in [3.8, 4) is 0 Å². The summed E-state index contributed by atoms with van der Waals surface area (Å²) in [4.78, 5) is 12.1. The molecule has 2 heterocycles. The van der Waals surface area contributed by atoms with Crippen molar-refractivity contribution < 1.29 is 9.53 Å². The predicted octanol–water partition coefficient (Wildman–Crippen LogP) is 1.18. The second-order valence-electron chi connectivity index (χ2n) is 7.83. The molecular formula is C16H31N3O2. The fourth-order valence-corrected chi connectivity index (χ4v) is 3.85. The van der Waals surface area contributed by atoms with Crippen LogP contribution in [-0.2, 0) is 9.53 Å². The number of piperidine rings is 2. The van der Waals surface area contributed by atoms with E-state index < -0.39 is 0 Å². The number of carbonyl (C=O) groups excluding carboxylic acids is 1. The van der Waals surface area contributed by atoms with E-state index in [0.29, 0.717) is 0 Å². The number of rotatable bonds is 4. The maximum absolute atomic E-state index is 12.1. The molecule has 2 aliphatic rings. The molecule has 21 heavy (non-hydrogen) atoms. The van der Waals surface area contributed by atoms with Gasteiger partial charge < -0.3 is 20.7 Å². The first-order chi connectivity index (χ1) is 9.76. The number of hydrogen-bond donors (Lipinski definition) is 3. The molecule has 122 valence electrons. The SMILES string of the molecule is CC1(C)CC(NC(=O)COC2CCNCC2)CC(C)(C)N1.